The van der Waals surface area contributed by atoms with E-state index in [4.69, 9.17) is 0 Å². The highest BCUT2D eigenvalue weighted by Gasteiger charge is 2.45. The van der Waals surface area contributed by atoms with Gasteiger partial charge >= 0.3 is 0 Å². The van der Waals surface area contributed by atoms with Crippen LogP contribution in [-0.2, 0) is 9.59 Å². The number of para-hydroxylation sites is 1. The number of piperidine rings is 1. The van der Waals surface area contributed by atoms with Gasteiger partial charge in [0.15, 0.2) is 0 Å². The SMILES string of the molecule is Cl.O=C1Nc2ccccc2C1C1CCN(C(=O)C2CC(F)(F)CN2)CC1. The summed E-state index contributed by atoms with van der Waals surface area (Å²) in [5, 5.41) is 5.54. The van der Waals surface area contributed by atoms with Crippen LogP contribution in [-0.4, -0.2) is 48.3 Å². The lowest BCUT2D eigenvalue weighted by Crippen LogP contribution is -2.47. The van der Waals surface area contributed by atoms with Gasteiger partial charge in [0.25, 0.3) is 5.92 Å². The highest BCUT2D eigenvalue weighted by atomic mass is 35.5. The number of likely N-dealkylation sites (tertiary alicyclic amines) is 1. The van der Waals surface area contributed by atoms with Crippen molar-refractivity contribution in [1.82, 2.24) is 10.2 Å². The fraction of sp³-hybridized carbons (Fsp3) is 0.556. The van der Waals surface area contributed by atoms with Gasteiger partial charge in [0, 0.05) is 25.2 Å². The maximum absolute atomic E-state index is 13.3. The molecule has 0 saturated carbocycles. The van der Waals surface area contributed by atoms with E-state index in [0.29, 0.717) is 25.9 Å². The molecule has 0 aliphatic carbocycles. The Labute approximate surface area is 156 Å². The topological polar surface area (TPSA) is 61.4 Å². The van der Waals surface area contributed by atoms with Crippen LogP contribution in [0.2, 0.25) is 0 Å². The number of rotatable bonds is 2. The number of hydrogen-bond donors (Lipinski definition) is 2. The summed E-state index contributed by atoms with van der Waals surface area (Å²) in [4.78, 5) is 26.4. The number of anilines is 1. The maximum atomic E-state index is 13.3. The number of nitrogens with one attached hydrogen (secondary N) is 2. The van der Waals surface area contributed by atoms with Crippen molar-refractivity contribution in [3.63, 3.8) is 0 Å². The third kappa shape index (κ3) is 3.42. The fourth-order valence-electron chi connectivity index (χ4n) is 4.27. The van der Waals surface area contributed by atoms with E-state index in [0.717, 1.165) is 11.3 Å². The van der Waals surface area contributed by atoms with Crippen molar-refractivity contribution < 1.29 is 18.4 Å². The number of benzene rings is 1. The largest absolute Gasteiger partial charge is 0.341 e. The molecule has 26 heavy (non-hydrogen) atoms. The van der Waals surface area contributed by atoms with Crippen molar-refractivity contribution in [2.45, 2.75) is 37.1 Å². The molecule has 2 fully saturated rings. The van der Waals surface area contributed by atoms with Crippen LogP contribution in [0.3, 0.4) is 0 Å². The van der Waals surface area contributed by atoms with E-state index in [1.54, 1.807) is 4.90 Å². The third-order valence-corrected chi connectivity index (χ3v) is 5.57. The van der Waals surface area contributed by atoms with E-state index in [1.165, 1.54) is 0 Å². The minimum absolute atomic E-state index is 0. The lowest BCUT2D eigenvalue weighted by Gasteiger charge is -2.35. The minimum atomic E-state index is -2.80. The van der Waals surface area contributed by atoms with Crippen LogP contribution in [0.1, 0.15) is 30.7 Å². The maximum Gasteiger partial charge on any atom is 0.262 e. The molecule has 2 unspecified atom stereocenters. The lowest BCUT2D eigenvalue weighted by molar-refractivity contribution is -0.135. The number of halogens is 3. The highest BCUT2D eigenvalue weighted by molar-refractivity contribution is 6.03. The Morgan fingerprint density at radius 2 is 1.88 bits per heavy atom. The summed E-state index contributed by atoms with van der Waals surface area (Å²) in [7, 11) is 0. The molecular formula is C18H22ClF2N3O2. The van der Waals surface area contributed by atoms with Crippen LogP contribution in [0.15, 0.2) is 24.3 Å². The molecule has 3 heterocycles. The highest BCUT2D eigenvalue weighted by Crippen LogP contribution is 2.41. The Morgan fingerprint density at radius 1 is 1.19 bits per heavy atom. The van der Waals surface area contributed by atoms with Crippen molar-refractivity contribution in [2.75, 3.05) is 25.0 Å². The van der Waals surface area contributed by atoms with Gasteiger partial charge in [-0.1, -0.05) is 18.2 Å². The second kappa shape index (κ2) is 7.12. The molecule has 8 heteroatoms. The van der Waals surface area contributed by atoms with Crippen LogP contribution in [0, 0.1) is 5.92 Å². The first kappa shape index (κ1) is 19.0. The van der Waals surface area contributed by atoms with E-state index >= 15 is 0 Å². The lowest BCUT2D eigenvalue weighted by atomic mass is 9.80. The zero-order chi connectivity index (χ0) is 17.6. The van der Waals surface area contributed by atoms with Crippen molar-refractivity contribution in [1.29, 1.82) is 0 Å². The molecule has 2 amide bonds. The summed E-state index contributed by atoms with van der Waals surface area (Å²) in [6.07, 6.45) is 0.993. The van der Waals surface area contributed by atoms with Crippen molar-refractivity contribution >= 4 is 29.9 Å². The first-order valence-corrected chi connectivity index (χ1v) is 8.74. The van der Waals surface area contributed by atoms with Crippen molar-refractivity contribution in [3.8, 4) is 0 Å². The van der Waals surface area contributed by atoms with Crippen LogP contribution in [0.4, 0.5) is 14.5 Å². The molecule has 2 atom stereocenters. The average Bonchev–Trinajstić information content (AvgIpc) is 3.13. The Balaban J connectivity index is 0.00000196. The number of carbonyl (C=O) groups is 2. The molecule has 4 rings (SSSR count). The monoisotopic (exact) mass is 385 g/mol. The summed E-state index contributed by atoms with van der Waals surface area (Å²) in [6, 6.07) is 6.91. The summed E-state index contributed by atoms with van der Waals surface area (Å²) in [6.45, 7) is 0.595. The normalized spacial score (nSPS) is 27.6. The number of alkyl halides is 2. The van der Waals surface area contributed by atoms with E-state index in [1.807, 2.05) is 24.3 Å². The predicted molar refractivity (Wildman–Crippen MR) is 95.7 cm³/mol. The van der Waals surface area contributed by atoms with Gasteiger partial charge in [-0.3, -0.25) is 14.9 Å². The molecular weight excluding hydrogens is 364 g/mol. The standard InChI is InChI=1S/C18H21F2N3O2.ClH/c19-18(20)9-14(21-10-18)17(25)23-7-5-11(6-8-23)15-12-3-1-2-4-13(12)22-16(15)24;/h1-4,11,14-15,21H,5-10H2,(H,22,24);1H. The molecule has 1 aromatic carbocycles. The molecule has 3 aliphatic heterocycles. The second-order valence-corrected chi connectivity index (χ2v) is 7.21. The molecule has 1 aromatic rings. The average molecular weight is 386 g/mol. The van der Waals surface area contributed by atoms with Gasteiger partial charge < -0.3 is 10.2 Å². The Kier molecular flexibility index (Phi) is 5.21. The number of carbonyl (C=O) groups excluding carboxylic acids is 2. The Morgan fingerprint density at radius 3 is 2.54 bits per heavy atom. The van der Waals surface area contributed by atoms with E-state index in [-0.39, 0.29) is 36.1 Å². The minimum Gasteiger partial charge on any atom is -0.341 e. The van der Waals surface area contributed by atoms with Crippen molar-refractivity contribution in [2.24, 2.45) is 5.92 Å². The molecule has 0 aromatic heterocycles. The van der Waals surface area contributed by atoms with Crippen LogP contribution >= 0.6 is 12.4 Å². The summed E-state index contributed by atoms with van der Waals surface area (Å²) in [5.41, 5.74) is 1.89. The van der Waals surface area contributed by atoms with Gasteiger partial charge in [-0.25, -0.2) is 8.78 Å². The molecule has 5 nitrogen and oxygen atoms in total. The molecule has 0 radical (unpaired) electrons. The first-order chi connectivity index (χ1) is 11.9. The summed E-state index contributed by atoms with van der Waals surface area (Å²) >= 11 is 0. The third-order valence-electron chi connectivity index (χ3n) is 5.57. The predicted octanol–water partition coefficient (Wildman–Crippen LogP) is 2.38. The van der Waals surface area contributed by atoms with Crippen LogP contribution in [0.5, 0.6) is 0 Å². The van der Waals surface area contributed by atoms with Gasteiger partial charge in [0.05, 0.1) is 18.5 Å². The fourth-order valence-corrected chi connectivity index (χ4v) is 4.27. The molecule has 0 bridgehead atoms. The second-order valence-electron chi connectivity index (χ2n) is 7.21. The molecule has 0 spiro atoms. The van der Waals surface area contributed by atoms with Crippen LogP contribution < -0.4 is 10.6 Å². The number of hydrogen-bond acceptors (Lipinski definition) is 3. The van der Waals surface area contributed by atoms with Gasteiger partial charge in [0.1, 0.15) is 0 Å². The quantitative estimate of drug-likeness (QED) is 0.821. The number of nitrogens with zero attached hydrogens (tertiary/aromatic N) is 1. The number of fused-ring (bicyclic) bond motifs is 1. The number of amides is 2. The summed E-state index contributed by atoms with van der Waals surface area (Å²) in [5.74, 6) is -3.03. The molecule has 3 aliphatic rings. The summed E-state index contributed by atoms with van der Waals surface area (Å²) < 4.78 is 26.6. The van der Waals surface area contributed by atoms with E-state index in [2.05, 4.69) is 10.6 Å². The zero-order valence-corrected chi connectivity index (χ0v) is 15.0. The first-order valence-electron chi connectivity index (χ1n) is 8.74. The van der Waals surface area contributed by atoms with Gasteiger partial charge in [0.2, 0.25) is 11.8 Å². The van der Waals surface area contributed by atoms with E-state index in [9.17, 15) is 18.4 Å². The molecule has 2 saturated heterocycles. The zero-order valence-electron chi connectivity index (χ0n) is 14.2. The van der Waals surface area contributed by atoms with Crippen LogP contribution in [0.25, 0.3) is 0 Å². The molecule has 2 N–H and O–H groups in total. The Bertz CT molecular complexity index is 707. The van der Waals surface area contributed by atoms with Gasteiger partial charge in [-0.05, 0) is 30.4 Å². The Hall–Kier alpha value is -1.73. The smallest absolute Gasteiger partial charge is 0.262 e. The van der Waals surface area contributed by atoms with Gasteiger partial charge in [-0.2, -0.15) is 0 Å². The van der Waals surface area contributed by atoms with Gasteiger partial charge in [-0.15, -0.1) is 12.4 Å². The molecule has 142 valence electrons. The van der Waals surface area contributed by atoms with E-state index < -0.39 is 24.9 Å². The van der Waals surface area contributed by atoms with Crippen molar-refractivity contribution in [3.05, 3.63) is 29.8 Å².